The number of rotatable bonds is 0. The molecule has 21 heavy (non-hydrogen) atoms. The molecule has 108 valence electrons. The summed E-state index contributed by atoms with van der Waals surface area (Å²) in [5.74, 6) is 0. The number of benzene rings is 2. The molecule has 0 unspecified atom stereocenters. The summed E-state index contributed by atoms with van der Waals surface area (Å²) in [6, 6.07) is 16.3. The van der Waals surface area contributed by atoms with E-state index in [0.29, 0.717) is 6.71 Å². The zero-order valence-electron chi connectivity index (χ0n) is 14.1. The van der Waals surface area contributed by atoms with Crippen LogP contribution in [0.2, 0.25) is 18.4 Å². The van der Waals surface area contributed by atoms with Crippen LogP contribution in [0.15, 0.2) is 42.5 Å². The first-order valence-corrected chi connectivity index (χ1v) is 10.9. The van der Waals surface area contributed by atoms with E-state index in [1.54, 1.807) is 21.3 Å². The summed E-state index contributed by atoms with van der Waals surface area (Å²) in [5, 5.41) is 3.51. The third-order valence-electron chi connectivity index (χ3n) is 5.00. The van der Waals surface area contributed by atoms with Gasteiger partial charge in [0.05, 0.1) is 0 Å². The van der Waals surface area contributed by atoms with Crippen molar-refractivity contribution in [2.75, 3.05) is 0 Å². The van der Waals surface area contributed by atoms with Gasteiger partial charge in [0.15, 0.2) is 0 Å². The van der Waals surface area contributed by atoms with Crippen molar-refractivity contribution in [2.24, 2.45) is 0 Å². The first-order chi connectivity index (χ1) is 9.73. The Labute approximate surface area is 130 Å². The Morgan fingerprint density at radius 3 is 2.14 bits per heavy atom. The van der Waals surface area contributed by atoms with E-state index in [-0.39, 0.29) is 5.31 Å². The van der Waals surface area contributed by atoms with Gasteiger partial charge >= 0.3 is 0 Å². The standard InChI is InChI=1S/C19H25BSi/c1-14-11-12-16-18(13-14)21(5,6)17-10-8-7-9-15(17)20(16)19(2,3)4/h7-13H,1-6H3. The molecule has 0 saturated heterocycles. The van der Waals surface area contributed by atoms with Crippen LogP contribution in [-0.4, -0.2) is 14.8 Å². The van der Waals surface area contributed by atoms with Crippen LogP contribution in [0.3, 0.4) is 0 Å². The molecule has 0 radical (unpaired) electrons. The Kier molecular flexibility index (Phi) is 3.21. The maximum absolute atomic E-state index is 2.50. The van der Waals surface area contributed by atoms with Crippen LogP contribution in [0.4, 0.5) is 0 Å². The number of aryl methyl sites for hydroxylation is 1. The van der Waals surface area contributed by atoms with Gasteiger partial charge in [-0.3, -0.25) is 0 Å². The molecule has 1 heterocycles. The fourth-order valence-electron chi connectivity index (χ4n) is 4.03. The molecule has 0 bridgehead atoms. The summed E-state index contributed by atoms with van der Waals surface area (Å²) in [6.45, 7) is 14.8. The molecule has 0 spiro atoms. The molecular formula is C19H25BSi. The molecular weight excluding hydrogens is 267 g/mol. The van der Waals surface area contributed by atoms with Gasteiger partial charge in [-0.2, -0.15) is 0 Å². The average Bonchev–Trinajstić information content (AvgIpc) is 2.39. The molecule has 0 fully saturated rings. The van der Waals surface area contributed by atoms with Crippen LogP contribution in [0, 0.1) is 6.92 Å². The number of hydrogen-bond acceptors (Lipinski definition) is 0. The van der Waals surface area contributed by atoms with Crippen LogP contribution in [0.1, 0.15) is 26.3 Å². The topological polar surface area (TPSA) is 0 Å². The van der Waals surface area contributed by atoms with E-state index in [1.165, 1.54) is 5.56 Å². The van der Waals surface area contributed by atoms with Gasteiger partial charge in [0.2, 0.25) is 6.71 Å². The summed E-state index contributed by atoms with van der Waals surface area (Å²) >= 11 is 0. The highest BCUT2D eigenvalue weighted by Gasteiger charge is 2.44. The van der Waals surface area contributed by atoms with Gasteiger partial charge < -0.3 is 0 Å². The SMILES string of the molecule is Cc1ccc2c(c1)[Si](C)(C)c1ccccc1B2C(C)(C)C. The van der Waals surface area contributed by atoms with Crippen molar-refractivity contribution in [1.29, 1.82) is 0 Å². The third kappa shape index (κ3) is 2.21. The van der Waals surface area contributed by atoms with Gasteiger partial charge in [-0.15, -0.1) is 0 Å². The van der Waals surface area contributed by atoms with Crippen molar-refractivity contribution >= 4 is 36.1 Å². The predicted octanol–water partition coefficient (Wildman–Crippen LogP) is 2.54. The van der Waals surface area contributed by atoms with E-state index in [2.05, 4.69) is 83.3 Å². The summed E-state index contributed by atoms with van der Waals surface area (Å²) in [7, 11) is -1.58. The molecule has 2 aromatic rings. The Bertz CT molecular complexity index is 695. The molecule has 1 aliphatic heterocycles. The van der Waals surface area contributed by atoms with Gasteiger partial charge in [0, 0.05) is 0 Å². The highest BCUT2D eigenvalue weighted by molar-refractivity contribution is 7.11. The summed E-state index contributed by atoms with van der Waals surface area (Å²) in [6.07, 6.45) is 0. The summed E-state index contributed by atoms with van der Waals surface area (Å²) < 4.78 is 0. The van der Waals surface area contributed by atoms with Crippen LogP contribution in [-0.2, 0) is 0 Å². The Balaban J connectivity index is 2.37. The second kappa shape index (κ2) is 4.61. The molecule has 0 atom stereocenters. The second-order valence-corrected chi connectivity index (χ2v) is 12.4. The van der Waals surface area contributed by atoms with Crippen molar-refractivity contribution < 1.29 is 0 Å². The van der Waals surface area contributed by atoms with Crippen LogP contribution in [0.5, 0.6) is 0 Å². The lowest BCUT2D eigenvalue weighted by Gasteiger charge is -2.42. The fraction of sp³-hybridized carbons (Fsp3) is 0.368. The van der Waals surface area contributed by atoms with Crippen LogP contribution < -0.4 is 21.3 Å². The highest BCUT2D eigenvalue weighted by atomic mass is 28.3. The van der Waals surface area contributed by atoms with Crippen molar-refractivity contribution in [3.05, 3.63) is 48.0 Å². The zero-order valence-corrected chi connectivity index (χ0v) is 15.1. The first kappa shape index (κ1) is 14.7. The van der Waals surface area contributed by atoms with Gasteiger partial charge in [0.25, 0.3) is 0 Å². The second-order valence-electron chi connectivity index (χ2n) is 8.10. The zero-order chi connectivity index (χ0) is 15.4. The summed E-state index contributed by atoms with van der Waals surface area (Å²) in [4.78, 5) is 0. The lowest BCUT2D eigenvalue weighted by molar-refractivity contribution is 0.750. The Hall–Kier alpha value is -1.28. The largest absolute Gasteiger partial charge is 0.214 e. The normalized spacial score (nSPS) is 16.4. The van der Waals surface area contributed by atoms with E-state index >= 15 is 0 Å². The molecule has 3 rings (SSSR count). The van der Waals surface area contributed by atoms with Crippen LogP contribution in [0.25, 0.3) is 0 Å². The average molecular weight is 292 g/mol. The minimum Gasteiger partial charge on any atom is -0.0739 e. The van der Waals surface area contributed by atoms with E-state index in [9.17, 15) is 0 Å². The molecule has 2 heteroatoms. The van der Waals surface area contributed by atoms with E-state index in [4.69, 9.17) is 0 Å². The monoisotopic (exact) mass is 292 g/mol. The van der Waals surface area contributed by atoms with E-state index in [1.807, 2.05) is 0 Å². The quantitative estimate of drug-likeness (QED) is 0.655. The van der Waals surface area contributed by atoms with Gasteiger partial charge in [-0.05, 0) is 6.92 Å². The van der Waals surface area contributed by atoms with Crippen molar-refractivity contribution in [3.8, 4) is 0 Å². The maximum atomic E-state index is 2.50. The minimum atomic E-state index is -1.58. The molecule has 0 amide bonds. The van der Waals surface area contributed by atoms with Crippen molar-refractivity contribution in [3.63, 3.8) is 0 Å². The molecule has 0 saturated carbocycles. The van der Waals surface area contributed by atoms with E-state index < -0.39 is 8.07 Å². The van der Waals surface area contributed by atoms with Crippen molar-refractivity contribution in [1.82, 2.24) is 0 Å². The smallest absolute Gasteiger partial charge is 0.0739 e. The molecule has 0 nitrogen and oxygen atoms in total. The van der Waals surface area contributed by atoms with E-state index in [0.717, 1.165) is 0 Å². The van der Waals surface area contributed by atoms with Crippen molar-refractivity contribution in [2.45, 2.75) is 46.1 Å². The number of fused-ring (bicyclic) bond motifs is 2. The fourth-order valence-corrected chi connectivity index (χ4v) is 7.32. The Morgan fingerprint density at radius 2 is 1.48 bits per heavy atom. The summed E-state index contributed by atoms with van der Waals surface area (Å²) in [5.41, 5.74) is 4.53. The first-order valence-electron chi connectivity index (χ1n) is 7.93. The van der Waals surface area contributed by atoms with Gasteiger partial charge in [-0.25, -0.2) is 0 Å². The minimum absolute atomic E-state index is 0.241. The lowest BCUT2D eigenvalue weighted by atomic mass is 9.28. The third-order valence-corrected chi connectivity index (χ3v) is 8.59. The molecule has 0 aromatic heterocycles. The molecule has 2 aromatic carbocycles. The van der Waals surface area contributed by atoms with Crippen LogP contribution >= 0.6 is 0 Å². The molecule has 0 aliphatic carbocycles. The highest BCUT2D eigenvalue weighted by Crippen LogP contribution is 2.28. The molecule has 1 aliphatic rings. The lowest BCUT2D eigenvalue weighted by Crippen LogP contribution is -2.75. The molecule has 0 N–H and O–H groups in total. The van der Waals surface area contributed by atoms with Gasteiger partial charge in [-0.1, -0.05) is 109 Å². The predicted molar refractivity (Wildman–Crippen MR) is 99.1 cm³/mol. The Morgan fingerprint density at radius 1 is 0.857 bits per heavy atom. The number of hydrogen-bond donors (Lipinski definition) is 0. The maximum Gasteiger partial charge on any atom is 0.214 e. The van der Waals surface area contributed by atoms with Gasteiger partial charge in [0.1, 0.15) is 8.07 Å².